The van der Waals surface area contributed by atoms with Gasteiger partial charge in [0.05, 0.1) is 5.38 Å². The highest BCUT2D eigenvalue weighted by molar-refractivity contribution is 6.22. The van der Waals surface area contributed by atoms with E-state index in [0.717, 1.165) is 12.0 Å². The van der Waals surface area contributed by atoms with Crippen LogP contribution in [0.1, 0.15) is 20.3 Å². The van der Waals surface area contributed by atoms with E-state index in [1.807, 2.05) is 6.92 Å². The van der Waals surface area contributed by atoms with E-state index in [-0.39, 0.29) is 11.2 Å². The maximum atomic E-state index is 12.8. The molecule has 0 aromatic rings. The largest absolute Gasteiger partial charge is 0.207 e. The Morgan fingerprint density at radius 2 is 2.20 bits per heavy atom. The summed E-state index contributed by atoms with van der Waals surface area (Å²) in [6, 6.07) is 0. The lowest BCUT2D eigenvalue weighted by Gasteiger charge is -2.15. The first kappa shape index (κ1) is 7.80. The van der Waals surface area contributed by atoms with Gasteiger partial charge in [0.15, 0.2) is 0 Å². The molecule has 0 aliphatic heterocycles. The third-order valence-electron chi connectivity index (χ3n) is 1.72. The molecule has 0 radical (unpaired) electrons. The molecule has 10 heavy (non-hydrogen) atoms. The first-order valence-electron chi connectivity index (χ1n) is 3.29. The standard InChI is InChI=1S/C8H10ClF/c1-5-3-7(9)6(2)8(10)4-5/h4,7H,3H2,1-2H3. The minimum Gasteiger partial charge on any atom is -0.207 e. The van der Waals surface area contributed by atoms with Crippen molar-refractivity contribution in [3.05, 3.63) is 23.0 Å². The number of hydrogen-bond acceptors (Lipinski definition) is 0. The Kier molecular flexibility index (Phi) is 2.14. The maximum Gasteiger partial charge on any atom is 0.123 e. The van der Waals surface area contributed by atoms with Crippen LogP contribution in [-0.2, 0) is 0 Å². The smallest absolute Gasteiger partial charge is 0.123 e. The van der Waals surface area contributed by atoms with Gasteiger partial charge in [-0.15, -0.1) is 11.6 Å². The summed E-state index contributed by atoms with van der Waals surface area (Å²) in [4.78, 5) is 0. The Morgan fingerprint density at radius 3 is 2.70 bits per heavy atom. The van der Waals surface area contributed by atoms with Crippen LogP contribution in [0.2, 0.25) is 0 Å². The summed E-state index contributed by atoms with van der Waals surface area (Å²) in [5.41, 5.74) is 1.68. The Bertz CT molecular complexity index is 203. The number of allylic oxidation sites excluding steroid dienone is 4. The van der Waals surface area contributed by atoms with Crippen molar-refractivity contribution in [2.24, 2.45) is 0 Å². The maximum absolute atomic E-state index is 12.8. The van der Waals surface area contributed by atoms with Crippen molar-refractivity contribution in [2.45, 2.75) is 25.6 Å². The van der Waals surface area contributed by atoms with Crippen molar-refractivity contribution in [3.8, 4) is 0 Å². The minimum atomic E-state index is -0.163. The van der Waals surface area contributed by atoms with E-state index >= 15 is 0 Å². The molecule has 0 saturated heterocycles. The molecular formula is C8H10ClF. The van der Waals surface area contributed by atoms with Gasteiger partial charge in [-0.25, -0.2) is 4.39 Å². The molecule has 1 atom stereocenters. The third-order valence-corrected chi connectivity index (χ3v) is 2.20. The number of rotatable bonds is 0. The molecule has 0 fully saturated rings. The molecule has 0 N–H and O–H groups in total. The Morgan fingerprint density at radius 1 is 1.60 bits per heavy atom. The molecule has 0 bridgehead atoms. The fraction of sp³-hybridized carbons (Fsp3) is 0.500. The Hall–Kier alpha value is -0.300. The molecule has 0 amide bonds. The van der Waals surface area contributed by atoms with Gasteiger partial charge in [-0.3, -0.25) is 0 Å². The molecular weight excluding hydrogens is 151 g/mol. The third kappa shape index (κ3) is 1.40. The Labute approximate surface area is 65.4 Å². The number of halogens is 2. The predicted octanol–water partition coefficient (Wildman–Crippen LogP) is 3.19. The van der Waals surface area contributed by atoms with E-state index in [4.69, 9.17) is 11.6 Å². The van der Waals surface area contributed by atoms with E-state index < -0.39 is 0 Å². The normalized spacial score (nSPS) is 26.8. The molecule has 0 nitrogen and oxygen atoms in total. The molecule has 0 heterocycles. The number of hydrogen-bond donors (Lipinski definition) is 0. The zero-order valence-electron chi connectivity index (χ0n) is 6.12. The summed E-state index contributed by atoms with van der Waals surface area (Å²) >= 11 is 5.82. The van der Waals surface area contributed by atoms with Crippen LogP contribution < -0.4 is 0 Å². The average molecular weight is 161 g/mol. The quantitative estimate of drug-likeness (QED) is 0.478. The van der Waals surface area contributed by atoms with Gasteiger partial charge in [-0.2, -0.15) is 0 Å². The van der Waals surface area contributed by atoms with Crippen LogP contribution >= 0.6 is 11.6 Å². The zero-order valence-corrected chi connectivity index (χ0v) is 6.87. The van der Waals surface area contributed by atoms with Gasteiger partial charge in [0.25, 0.3) is 0 Å². The monoisotopic (exact) mass is 160 g/mol. The first-order chi connectivity index (χ1) is 4.61. The summed E-state index contributed by atoms with van der Waals surface area (Å²) in [6.45, 7) is 3.62. The average Bonchev–Trinajstić information content (AvgIpc) is 1.82. The van der Waals surface area contributed by atoms with Crippen LogP contribution in [0.15, 0.2) is 23.0 Å². The zero-order chi connectivity index (χ0) is 7.72. The van der Waals surface area contributed by atoms with Gasteiger partial charge in [-0.05, 0) is 31.9 Å². The molecule has 56 valence electrons. The van der Waals surface area contributed by atoms with Crippen LogP contribution in [0, 0.1) is 0 Å². The lowest BCUT2D eigenvalue weighted by atomic mass is 9.99. The lowest BCUT2D eigenvalue weighted by molar-refractivity contribution is 0.632. The molecule has 1 aliphatic carbocycles. The van der Waals surface area contributed by atoms with Gasteiger partial charge in [-0.1, -0.05) is 5.57 Å². The lowest BCUT2D eigenvalue weighted by Crippen LogP contribution is -2.06. The first-order valence-corrected chi connectivity index (χ1v) is 3.72. The molecule has 1 rings (SSSR count). The second-order valence-electron chi connectivity index (χ2n) is 2.69. The molecule has 0 spiro atoms. The molecule has 0 aromatic heterocycles. The van der Waals surface area contributed by atoms with Crippen molar-refractivity contribution in [2.75, 3.05) is 0 Å². The van der Waals surface area contributed by atoms with Crippen molar-refractivity contribution >= 4 is 11.6 Å². The van der Waals surface area contributed by atoms with Gasteiger partial charge in [0, 0.05) is 0 Å². The summed E-state index contributed by atoms with van der Waals surface area (Å²) in [6.07, 6.45) is 2.33. The number of alkyl halides is 1. The van der Waals surface area contributed by atoms with Gasteiger partial charge in [0.2, 0.25) is 0 Å². The summed E-state index contributed by atoms with van der Waals surface area (Å²) < 4.78 is 12.8. The topological polar surface area (TPSA) is 0 Å². The van der Waals surface area contributed by atoms with Crippen molar-refractivity contribution in [3.63, 3.8) is 0 Å². The second kappa shape index (κ2) is 2.75. The van der Waals surface area contributed by atoms with E-state index in [9.17, 15) is 4.39 Å². The summed E-state index contributed by atoms with van der Waals surface area (Å²) in [7, 11) is 0. The molecule has 0 saturated carbocycles. The molecule has 0 aromatic carbocycles. The van der Waals surface area contributed by atoms with E-state index in [0.29, 0.717) is 5.57 Å². The van der Waals surface area contributed by atoms with Gasteiger partial charge in [0.1, 0.15) is 5.83 Å². The SMILES string of the molecule is CC1=CC(F)=C(C)C(Cl)C1. The van der Waals surface area contributed by atoms with Crippen LogP contribution in [0.3, 0.4) is 0 Å². The molecule has 1 aliphatic rings. The van der Waals surface area contributed by atoms with Crippen LogP contribution in [0.4, 0.5) is 4.39 Å². The highest BCUT2D eigenvalue weighted by atomic mass is 35.5. The predicted molar refractivity (Wildman–Crippen MR) is 41.8 cm³/mol. The highest BCUT2D eigenvalue weighted by Crippen LogP contribution is 2.28. The van der Waals surface area contributed by atoms with Crippen molar-refractivity contribution in [1.29, 1.82) is 0 Å². The second-order valence-corrected chi connectivity index (χ2v) is 3.22. The van der Waals surface area contributed by atoms with Gasteiger partial charge < -0.3 is 0 Å². The van der Waals surface area contributed by atoms with Crippen LogP contribution in [0.25, 0.3) is 0 Å². The van der Waals surface area contributed by atoms with E-state index in [1.54, 1.807) is 13.0 Å². The minimum absolute atomic E-state index is 0.134. The molecule has 1 unspecified atom stereocenters. The fourth-order valence-electron chi connectivity index (χ4n) is 0.974. The fourth-order valence-corrected chi connectivity index (χ4v) is 1.32. The molecule has 2 heteroatoms. The van der Waals surface area contributed by atoms with Crippen molar-refractivity contribution in [1.82, 2.24) is 0 Å². The van der Waals surface area contributed by atoms with Gasteiger partial charge >= 0.3 is 0 Å². The Balaban J connectivity index is 2.92. The highest BCUT2D eigenvalue weighted by Gasteiger charge is 2.16. The van der Waals surface area contributed by atoms with E-state index in [1.165, 1.54) is 0 Å². The van der Waals surface area contributed by atoms with Crippen molar-refractivity contribution < 1.29 is 4.39 Å². The van der Waals surface area contributed by atoms with E-state index in [2.05, 4.69) is 0 Å². The van der Waals surface area contributed by atoms with Crippen LogP contribution in [0.5, 0.6) is 0 Å². The summed E-state index contributed by atoms with van der Waals surface area (Å²) in [5.74, 6) is -0.163. The summed E-state index contributed by atoms with van der Waals surface area (Å²) in [5, 5.41) is -0.134. The van der Waals surface area contributed by atoms with Crippen LogP contribution in [-0.4, -0.2) is 5.38 Å².